The van der Waals surface area contributed by atoms with E-state index < -0.39 is 5.41 Å². The Morgan fingerprint density at radius 2 is 1.89 bits per heavy atom. The molecule has 8 nitrogen and oxygen atoms in total. The summed E-state index contributed by atoms with van der Waals surface area (Å²) in [7, 11) is 1.88. The third kappa shape index (κ3) is 3.32. The van der Waals surface area contributed by atoms with E-state index in [1.54, 1.807) is 16.9 Å². The Morgan fingerprint density at radius 1 is 1.11 bits per heavy atom. The summed E-state index contributed by atoms with van der Waals surface area (Å²) in [5.41, 5.74) is 11.2. The molecule has 37 heavy (non-hydrogen) atoms. The molecule has 3 N–H and O–H groups in total. The first-order chi connectivity index (χ1) is 17.5. The van der Waals surface area contributed by atoms with Crippen molar-refractivity contribution in [2.45, 2.75) is 56.4 Å². The molecule has 4 aromatic rings. The highest BCUT2D eigenvalue weighted by Crippen LogP contribution is 2.58. The largest absolute Gasteiger partial charge is 0.325 e. The molecule has 3 aliphatic rings. The van der Waals surface area contributed by atoms with E-state index in [0.29, 0.717) is 22.4 Å². The number of aromatic nitrogens is 4. The standard InChI is InChI=1S/C28H28N6O2.ClH/c1-33-26(21(15-30-33)17-9-10-19-20(13-17)22(14-29)31-32-25(19)35)34-23-6-4-5-18(16-7-8-16)24(23)28(27(34)36)11-2-3-12-28;/h4-6,9-10,13,15-16H,2-3,7-8,11-12,14,29H2,1H3,(H,32,35);1H. The minimum atomic E-state index is -0.441. The van der Waals surface area contributed by atoms with Crippen LogP contribution < -0.4 is 16.2 Å². The Balaban J connectivity index is 0.00000252. The van der Waals surface area contributed by atoms with Crippen LogP contribution in [0.4, 0.5) is 11.5 Å². The van der Waals surface area contributed by atoms with Crippen LogP contribution >= 0.6 is 12.4 Å². The van der Waals surface area contributed by atoms with Crippen LogP contribution in [0, 0.1) is 0 Å². The van der Waals surface area contributed by atoms with Crippen LogP contribution in [0.2, 0.25) is 0 Å². The molecule has 2 aromatic heterocycles. The van der Waals surface area contributed by atoms with Crippen molar-refractivity contribution in [3.05, 3.63) is 69.8 Å². The molecule has 2 saturated carbocycles. The summed E-state index contributed by atoms with van der Waals surface area (Å²) in [6.45, 7) is 0.209. The number of H-pyrrole nitrogens is 1. The molecule has 9 heteroatoms. The van der Waals surface area contributed by atoms with Gasteiger partial charge in [-0.3, -0.25) is 19.2 Å². The fourth-order valence-corrected chi connectivity index (χ4v) is 6.53. The summed E-state index contributed by atoms with van der Waals surface area (Å²) in [5, 5.41) is 12.5. The SMILES string of the molecule is Cl.Cn1ncc(-c2ccc3c(=O)[nH]nc(CN)c3c2)c1N1C(=O)C2(CCCC2)c2c(C3CC3)cccc21. The Hall–Kier alpha value is -3.49. The van der Waals surface area contributed by atoms with Crippen molar-refractivity contribution in [1.29, 1.82) is 0 Å². The summed E-state index contributed by atoms with van der Waals surface area (Å²) in [4.78, 5) is 28.7. The Bertz CT molecular complexity index is 1610. The molecular formula is C28H29ClN6O2. The van der Waals surface area contributed by atoms with Crippen LogP contribution in [0.15, 0.2) is 47.4 Å². The van der Waals surface area contributed by atoms with E-state index in [4.69, 9.17) is 5.73 Å². The number of aromatic amines is 1. The van der Waals surface area contributed by atoms with Crippen LogP contribution in [0.25, 0.3) is 21.9 Å². The highest BCUT2D eigenvalue weighted by Gasteiger charge is 2.55. The summed E-state index contributed by atoms with van der Waals surface area (Å²) in [5.74, 6) is 1.48. The first kappa shape index (κ1) is 23.9. The van der Waals surface area contributed by atoms with Gasteiger partial charge in [-0.05, 0) is 66.5 Å². The highest BCUT2D eigenvalue weighted by atomic mass is 35.5. The van der Waals surface area contributed by atoms with Gasteiger partial charge in [0.05, 0.1) is 28.4 Å². The molecule has 2 aliphatic carbocycles. The molecule has 2 aromatic carbocycles. The zero-order chi connectivity index (χ0) is 24.6. The molecule has 0 saturated heterocycles. The van der Waals surface area contributed by atoms with Gasteiger partial charge in [-0.15, -0.1) is 12.4 Å². The maximum atomic E-state index is 14.4. The minimum Gasteiger partial charge on any atom is -0.325 e. The first-order valence-corrected chi connectivity index (χ1v) is 12.8. The van der Waals surface area contributed by atoms with Gasteiger partial charge >= 0.3 is 0 Å². The van der Waals surface area contributed by atoms with Crippen LogP contribution in [-0.2, 0) is 23.8 Å². The number of carbonyl (C=O) groups is 1. The number of nitrogens with two attached hydrogens (primary N) is 1. The normalized spacial score (nSPS) is 18.0. The average Bonchev–Trinajstić information content (AvgIpc) is 3.43. The Morgan fingerprint density at radius 3 is 2.62 bits per heavy atom. The van der Waals surface area contributed by atoms with Gasteiger partial charge in [-0.1, -0.05) is 31.0 Å². The summed E-state index contributed by atoms with van der Waals surface area (Å²) >= 11 is 0. The van der Waals surface area contributed by atoms with E-state index in [1.807, 2.05) is 24.1 Å². The summed E-state index contributed by atoms with van der Waals surface area (Å²) in [6, 6.07) is 12.1. The summed E-state index contributed by atoms with van der Waals surface area (Å²) < 4.78 is 1.79. The molecule has 0 atom stereocenters. The lowest BCUT2D eigenvalue weighted by molar-refractivity contribution is -0.122. The minimum absolute atomic E-state index is 0. The molecular weight excluding hydrogens is 488 g/mol. The van der Waals surface area contributed by atoms with E-state index in [0.717, 1.165) is 48.3 Å². The summed E-state index contributed by atoms with van der Waals surface area (Å²) in [6.07, 6.45) is 8.15. The number of benzene rings is 2. The Kier molecular flexibility index (Phi) is 5.51. The molecule has 1 spiro atoms. The number of halogens is 1. The molecule has 7 rings (SSSR count). The number of amides is 1. The molecule has 0 radical (unpaired) electrons. The number of nitrogens with one attached hydrogen (secondary N) is 1. The van der Waals surface area contributed by atoms with Crippen LogP contribution in [0.3, 0.4) is 0 Å². The first-order valence-electron chi connectivity index (χ1n) is 12.8. The third-order valence-electron chi connectivity index (χ3n) is 8.37. The fraction of sp³-hybridized carbons (Fsp3) is 0.357. The number of hydrogen-bond acceptors (Lipinski definition) is 5. The molecule has 0 bridgehead atoms. The number of carbonyl (C=O) groups excluding carboxylic acids is 1. The number of hydrogen-bond donors (Lipinski definition) is 2. The van der Waals surface area contributed by atoms with E-state index in [1.165, 1.54) is 24.0 Å². The number of nitrogens with zero attached hydrogens (tertiary/aromatic N) is 4. The lowest BCUT2D eigenvalue weighted by Gasteiger charge is -2.25. The lowest BCUT2D eigenvalue weighted by Crippen LogP contribution is -2.37. The van der Waals surface area contributed by atoms with E-state index in [-0.39, 0.29) is 30.4 Å². The quantitative estimate of drug-likeness (QED) is 0.413. The second kappa shape index (κ2) is 8.53. The number of fused-ring (bicyclic) bond motifs is 3. The van der Waals surface area contributed by atoms with Crippen LogP contribution in [-0.4, -0.2) is 25.9 Å². The van der Waals surface area contributed by atoms with Crippen molar-refractivity contribution in [2.75, 3.05) is 4.90 Å². The van der Waals surface area contributed by atoms with Gasteiger partial charge in [0.2, 0.25) is 5.91 Å². The number of anilines is 2. The van der Waals surface area contributed by atoms with Gasteiger partial charge in [-0.2, -0.15) is 10.2 Å². The van der Waals surface area contributed by atoms with Gasteiger partial charge in [0.25, 0.3) is 5.56 Å². The van der Waals surface area contributed by atoms with E-state index in [2.05, 4.69) is 33.5 Å². The predicted molar refractivity (Wildman–Crippen MR) is 145 cm³/mol. The monoisotopic (exact) mass is 516 g/mol. The zero-order valence-electron chi connectivity index (χ0n) is 20.7. The molecule has 3 heterocycles. The molecule has 0 unspecified atom stereocenters. The zero-order valence-corrected chi connectivity index (χ0v) is 21.5. The van der Waals surface area contributed by atoms with E-state index in [9.17, 15) is 9.59 Å². The molecule has 2 fully saturated rings. The van der Waals surface area contributed by atoms with Crippen molar-refractivity contribution in [3.8, 4) is 11.1 Å². The molecule has 190 valence electrons. The second-order valence-corrected chi connectivity index (χ2v) is 10.4. The molecule has 1 amide bonds. The topological polar surface area (TPSA) is 110 Å². The van der Waals surface area contributed by atoms with Gasteiger partial charge in [0.15, 0.2) is 0 Å². The lowest BCUT2D eigenvalue weighted by atomic mass is 9.77. The third-order valence-corrected chi connectivity index (χ3v) is 8.37. The van der Waals surface area contributed by atoms with Crippen LogP contribution in [0.5, 0.6) is 0 Å². The maximum absolute atomic E-state index is 14.4. The molecule has 1 aliphatic heterocycles. The van der Waals surface area contributed by atoms with E-state index >= 15 is 0 Å². The van der Waals surface area contributed by atoms with Crippen molar-refractivity contribution < 1.29 is 4.79 Å². The predicted octanol–water partition coefficient (Wildman–Crippen LogP) is 4.57. The van der Waals surface area contributed by atoms with Gasteiger partial charge in [0.1, 0.15) is 5.82 Å². The maximum Gasteiger partial charge on any atom is 0.272 e. The number of rotatable bonds is 4. The van der Waals surface area contributed by atoms with Crippen molar-refractivity contribution in [1.82, 2.24) is 20.0 Å². The van der Waals surface area contributed by atoms with Gasteiger partial charge in [0, 0.05) is 24.5 Å². The van der Waals surface area contributed by atoms with Crippen molar-refractivity contribution in [3.63, 3.8) is 0 Å². The number of aryl methyl sites for hydroxylation is 1. The second-order valence-electron chi connectivity index (χ2n) is 10.4. The van der Waals surface area contributed by atoms with Gasteiger partial charge < -0.3 is 5.73 Å². The van der Waals surface area contributed by atoms with Gasteiger partial charge in [-0.25, -0.2) is 5.10 Å². The smallest absolute Gasteiger partial charge is 0.272 e. The Labute approximate surface area is 220 Å². The van der Waals surface area contributed by atoms with Crippen molar-refractivity contribution >= 4 is 40.6 Å². The average molecular weight is 517 g/mol. The van der Waals surface area contributed by atoms with Crippen molar-refractivity contribution in [2.24, 2.45) is 12.8 Å². The van der Waals surface area contributed by atoms with Crippen LogP contribution in [0.1, 0.15) is 61.3 Å². The highest BCUT2D eigenvalue weighted by molar-refractivity contribution is 6.15. The fourth-order valence-electron chi connectivity index (χ4n) is 6.53.